The van der Waals surface area contributed by atoms with Crippen LogP contribution in [0.25, 0.3) is 10.8 Å². The quantitative estimate of drug-likeness (QED) is 0.187. The first kappa shape index (κ1) is 27.6. The average molecular weight is 591 g/mol. The van der Waals surface area contributed by atoms with Gasteiger partial charge in [0.05, 0.1) is 18.0 Å². The van der Waals surface area contributed by atoms with Gasteiger partial charge in [-0.3, -0.25) is 15.1 Å². The molecule has 0 spiro atoms. The molecule has 1 atom stereocenters. The van der Waals surface area contributed by atoms with E-state index in [0.717, 1.165) is 16.3 Å². The van der Waals surface area contributed by atoms with Crippen LogP contribution in [0.5, 0.6) is 0 Å². The molecule has 0 aliphatic heterocycles. The molecule has 0 saturated carbocycles. The second-order valence-electron chi connectivity index (χ2n) is 8.52. The molecule has 4 aromatic rings. The Morgan fingerprint density at radius 3 is 2.49 bits per heavy atom. The van der Waals surface area contributed by atoms with Gasteiger partial charge in [-0.15, -0.1) is 0 Å². The van der Waals surface area contributed by atoms with Gasteiger partial charge in [-0.2, -0.15) is 0 Å². The number of rotatable bonds is 9. The molecule has 0 radical (unpaired) electrons. The van der Waals surface area contributed by atoms with Gasteiger partial charge in [0.15, 0.2) is 0 Å². The highest BCUT2D eigenvalue weighted by Gasteiger charge is 2.15. The van der Waals surface area contributed by atoms with E-state index >= 15 is 0 Å². The lowest BCUT2D eigenvalue weighted by molar-refractivity contribution is 0.102. The van der Waals surface area contributed by atoms with Crippen molar-refractivity contribution >= 4 is 56.2 Å². The first-order valence-electron chi connectivity index (χ1n) is 12.3. The smallest absolute Gasteiger partial charge is 0.411 e. The number of hydrogen-bond acceptors (Lipinski definition) is 6. The van der Waals surface area contributed by atoms with Crippen LogP contribution in [0.2, 0.25) is 0 Å². The molecule has 0 fully saturated rings. The fourth-order valence-electron chi connectivity index (χ4n) is 3.75. The van der Waals surface area contributed by atoms with Crippen LogP contribution in [0.3, 0.4) is 0 Å². The lowest BCUT2D eigenvalue weighted by Crippen LogP contribution is -2.27. The summed E-state index contributed by atoms with van der Waals surface area (Å²) < 4.78 is 11.3. The molecule has 9 nitrogen and oxygen atoms in total. The van der Waals surface area contributed by atoms with Gasteiger partial charge in [-0.25, -0.2) is 9.59 Å². The summed E-state index contributed by atoms with van der Waals surface area (Å²) in [4.78, 5) is 40.8. The number of anilines is 2. The molecule has 1 unspecified atom stereocenters. The molecule has 3 N–H and O–H groups in total. The molecule has 1 heterocycles. The van der Waals surface area contributed by atoms with Gasteiger partial charge in [0.25, 0.3) is 5.91 Å². The van der Waals surface area contributed by atoms with Crippen LogP contribution in [-0.4, -0.2) is 36.2 Å². The molecular weight excluding hydrogens is 564 g/mol. The molecule has 39 heavy (non-hydrogen) atoms. The van der Waals surface area contributed by atoms with E-state index in [4.69, 9.17) is 9.47 Å². The molecule has 0 aliphatic rings. The molecule has 10 heteroatoms. The maximum atomic E-state index is 12.3. The van der Waals surface area contributed by atoms with E-state index in [1.165, 1.54) is 0 Å². The normalized spacial score (nSPS) is 11.3. The average Bonchev–Trinajstić information content (AvgIpc) is 2.94. The highest BCUT2D eigenvalue weighted by Crippen LogP contribution is 2.28. The zero-order valence-electron chi connectivity index (χ0n) is 21.1. The van der Waals surface area contributed by atoms with Gasteiger partial charge in [0, 0.05) is 22.6 Å². The van der Waals surface area contributed by atoms with Crippen LogP contribution >= 0.6 is 15.9 Å². The molecule has 3 amide bonds. The number of nitrogens with zero attached hydrogens (tertiary/aromatic N) is 1. The topological polar surface area (TPSA) is 119 Å². The van der Waals surface area contributed by atoms with E-state index in [2.05, 4.69) is 36.9 Å². The second-order valence-corrected chi connectivity index (χ2v) is 9.38. The van der Waals surface area contributed by atoms with Gasteiger partial charge in [0.1, 0.15) is 11.8 Å². The minimum atomic E-state index is -0.591. The first-order chi connectivity index (χ1) is 18.9. The summed E-state index contributed by atoms with van der Waals surface area (Å²) >= 11 is 3.45. The van der Waals surface area contributed by atoms with Gasteiger partial charge in [0.2, 0.25) is 0 Å². The lowest BCUT2D eigenvalue weighted by Gasteiger charge is -2.16. The Hall–Kier alpha value is -4.44. The van der Waals surface area contributed by atoms with Crippen LogP contribution in [0.15, 0.2) is 89.5 Å². The number of amides is 3. The number of hydrogen-bond donors (Lipinski definition) is 3. The molecule has 200 valence electrons. The largest absolute Gasteiger partial charge is 0.449 e. The van der Waals surface area contributed by atoms with E-state index in [-0.39, 0.29) is 19.1 Å². The number of pyridine rings is 1. The second kappa shape index (κ2) is 13.4. The Balaban J connectivity index is 1.17. The van der Waals surface area contributed by atoms with Crippen molar-refractivity contribution in [3.05, 3.63) is 101 Å². The number of carbonyl (C=O) groups excluding carboxylic acids is 3. The van der Waals surface area contributed by atoms with Crippen LogP contribution in [-0.2, 0) is 9.47 Å². The van der Waals surface area contributed by atoms with Crippen molar-refractivity contribution in [2.24, 2.45) is 0 Å². The zero-order chi connectivity index (χ0) is 27.6. The van der Waals surface area contributed by atoms with Gasteiger partial charge < -0.3 is 20.1 Å². The van der Waals surface area contributed by atoms with Crippen LogP contribution < -0.4 is 16.0 Å². The van der Waals surface area contributed by atoms with Crippen molar-refractivity contribution in [3.63, 3.8) is 0 Å². The summed E-state index contributed by atoms with van der Waals surface area (Å²) in [5, 5.41) is 10.1. The number of aromatic nitrogens is 1. The number of carbonyl (C=O) groups is 3. The number of alkyl carbamates (subject to hydrolysis) is 1. The van der Waals surface area contributed by atoms with E-state index in [1.54, 1.807) is 49.5 Å². The highest BCUT2D eigenvalue weighted by atomic mass is 79.9. The summed E-state index contributed by atoms with van der Waals surface area (Å²) in [5.41, 5.74) is 2.28. The van der Waals surface area contributed by atoms with E-state index < -0.39 is 18.3 Å². The number of benzene rings is 3. The fraction of sp³-hybridized carbons (Fsp3) is 0.172. The summed E-state index contributed by atoms with van der Waals surface area (Å²) in [6.07, 6.45) is 0.278. The number of nitrogens with one attached hydrogen (secondary N) is 3. The molecule has 0 saturated heterocycles. The Bertz CT molecular complexity index is 1460. The van der Waals surface area contributed by atoms with Crippen molar-refractivity contribution in [3.8, 4) is 0 Å². The van der Waals surface area contributed by atoms with Crippen LogP contribution in [0.4, 0.5) is 21.0 Å². The molecule has 0 bridgehead atoms. The third-order valence-corrected chi connectivity index (χ3v) is 6.40. The van der Waals surface area contributed by atoms with E-state index in [9.17, 15) is 14.4 Å². The number of ether oxygens (including phenoxy) is 2. The van der Waals surface area contributed by atoms with Gasteiger partial charge in [-0.05, 0) is 70.6 Å². The van der Waals surface area contributed by atoms with E-state index in [0.29, 0.717) is 28.0 Å². The van der Waals surface area contributed by atoms with E-state index in [1.807, 2.05) is 42.5 Å². The van der Waals surface area contributed by atoms with Gasteiger partial charge in [-0.1, -0.05) is 48.5 Å². The Morgan fingerprint density at radius 2 is 1.69 bits per heavy atom. The standard InChI is InChI=1S/C29H27BrN4O5/c1-19(21-13-14-25(23(30)18-21)33-27(35)26-11-4-5-15-31-26)39-28(36)32-16-7-17-38-29(37)34-24-12-6-9-20-8-2-3-10-22(20)24/h2-6,8-15,18-19H,7,16-17H2,1H3,(H,32,36)(H,33,35)(H,34,37). The minimum absolute atomic E-state index is 0.130. The third-order valence-electron chi connectivity index (χ3n) is 5.74. The zero-order valence-corrected chi connectivity index (χ0v) is 22.7. The first-order valence-corrected chi connectivity index (χ1v) is 13.1. The van der Waals surface area contributed by atoms with Crippen LogP contribution in [0, 0.1) is 0 Å². The predicted molar refractivity (Wildman–Crippen MR) is 153 cm³/mol. The lowest BCUT2D eigenvalue weighted by atomic mass is 10.1. The van der Waals surface area contributed by atoms with Gasteiger partial charge >= 0.3 is 12.2 Å². The SMILES string of the molecule is CC(OC(=O)NCCCOC(=O)Nc1cccc2ccccc12)c1ccc(NC(=O)c2ccccn2)c(Br)c1. The van der Waals surface area contributed by atoms with Crippen molar-refractivity contribution in [2.45, 2.75) is 19.4 Å². The summed E-state index contributed by atoms with van der Waals surface area (Å²) in [5.74, 6) is -0.331. The van der Waals surface area contributed by atoms with Crippen molar-refractivity contribution < 1.29 is 23.9 Å². The Morgan fingerprint density at radius 1 is 0.897 bits per heavy atom. The molecule has 3 aromatic carbocycles. The van der Waals surface area contributed by atoms with Crippen molar-refractivity contribution in [2.75, 3.05) is 23.8 Å². The summed E-state index contributed by atoms with van der Waals surface area (Å²) in [7, 11) is 0. The highest BCUT2D eigenvalue weighted by molar-refractivity contribution is 9.10. The fourth-order valence-corrected chi connectivity index (χ4v) is 4.24. The van der Waals surface area contributed by atoms with Crippen LogP contribution in [0.1, 0.15) is 35.5 Å². The molecule has 4 rings (SSSR count). The molecular formula is C29H27BrN4O5. The third kappa shape index (κ3) is 7.78. The molecule has 0 aliphatic carbocycles. The molecule has 1 aromatic heterocycles. The summed E-state index contributed by atoms with van der Waals surface area (Å²) in [6, 6.07) is 23.7. The number of fused-ring (bicyclic) bond motifs is 1. The minimum Gasteiger partial charge on any atom is -0.449 e. The monoisotopic (exact) mass is 590 g/mol. The maximum absolute atomic E-state index is 12.3. The Labute approximate surface area is 234 Å². The maximum Gasteiger partial charge on any atom is 0.411 e. The van der Waals surface area contributed by atoms with Crippen molar-refractivity contribution in [1.82, 2.24) is 10.3 Å². The van der Waals surface area contributed by atoms with Crippen molar-refractivity contribution in [1.29, 1.82) is 0 Å². The number of halogens is 1. The summed E-state index contributed by atoms with van der Waals surface area (Å²) in [6.45, 7) is 2.15. The predicted octanol–water partition coefficient (Wildman–Crippen LogP) is 6.68. The Kier molecular flexibility index (Phi) is 9.47.